The Morgan fingerprint density at radius 2 is 2.12 bits per heavy atom. The largest absolute Gasteiger partial charge is 0.493 e. The highest BCUT2D eigenvalue weighted by molar-refractivity contribution is 7.91. The van der Waals surface area contributed by atoms with Crippen molar-refractivity contribution in [1.29, 1.82) is 0 Å². The van der Waals surface area contributed by atoms with E-state index in [1.165, 1.54) is 6.26 Å². The molecule has 0 aliphatic carbocycles. The number of ether oxygens (including phenoxy) is 1. The molecule has 2 atom stereocenters. The number of aryl methyl sites for hydroxylation is 1. The lowest BCUT2D eigenvalue weighted by Gasteiger charge is -2.23. The van der Waals surface area contributed by atoms with Crippen LogP contribution < -0.4 is 10.1 Å². The monoisotopic (exact) mass is 261 g/mol. The fourth-order valence-electron chi connectivity index (χ4n) is 1.78. The number of nitrogens with one attached hydrogen (secondary N) is 1. The van der Waals surface area contributed by atoms with Crippen LogP contribution in [0.3, 0.4) is 0 Å². The number of hydrogen-bond acceptors (Lipinski definition) is 5. The quantitative estimate of drug-likeness (QED) is 0.815. The highest BCUT2D eigenvalue weighted by Gasteiger charge is 2.30. The highest BCUT2D eigenvalue weighted by Crippen LogP contribution is 2.28. The molecule has 1 heterocycles. The van der Waals surface area contributed by atoms with Crippen LogP contribution >= 0.6 is 0 Å². The van der Waals surface area contributed by atoms with Crippen molar-refractivity contribution in [2.45, 2.75) is 18.2 Å². The Balaban J connectivity index is 3.22. The zero-order chi connectivity index (χ0) is 13.2. The Bertz CT molecular complexity index is 481. The van der Waals surface area contributed by atoms with Gasteiger partial charge in [0.2, 0.25) is 0 Å². The lowest BCUT2D eigenvalue weighted by molar-refractivity contribution is 0.395. The van der Waals surface area contributed by atoms with Gasteiger partial charge in [-0.1, -0.05) is 0 Å². The van der Waals surface area contributed by atoms with Crippen molar-refractivity contribution in [3.05, 3.63) is 11.9 Å². The van der Waals surface area contributed by atoms with Gasteiger partial charge < -0.3 is 10.1 Å². The van der Waals surface area contributed by atoms with Crippen molar-refractivity contribution in [2.24, 2.45) is 7.05 Å². The fourth-order valence-corrected chi connectivity index (χ4v) is 2.54. The van der Waals surface area contributed by atoms with Crippen LogP contribution in [0.25, 0.3) is 0 Å². The minimum atomic E-state index is -3.14. The van der Waals surface area contributed by atoms with Crippen LogP contribution in [0.5, 0.6) is 5.75 Å². The van der Waals surface area contributed by atoms with E-state index in [9.17, 15) is 8.42 Å². The third-order valence-corrected chi connectivity index (χ3v) is 4.54. The fraction of sp³-hybridized carbons (Fsp3) is 0.700. The zero-order valence-corrected chi connectivity index (χ0v) is 11.6. The van der Waals surface area contributed by atoms with E-state index in [1.54, 1.807) is 39.0 Å². The van der Waals surface area contributed by atoms with E-state index in [4.69, 9.17) is 4.74 Å². The van der Waals surface area contributed by atoms with Crippen LogP contribution in [-0.4, -0.2) is 43.9 Å². The van der Waals surface area contributed by atoms with Gasteiger partial charge in [0, 0.05) is 13.3 Å². The first-order chi connectivity index (χ1) is 7.82. The normalized spacial score (nSPS) is 15.6. The molecule has 98 valence electrons. The molecule has 0 amide bonds. The summed E-state index contributed by atoms with van der Waals surface area (Å²) in [5.74, 6) is 0.586. The Morgan fingerprint density at radius 1 is 1.53 bits per heavy atom. The molecule has 0 aromatic carbocycles. The number of sulfone groups is 1. The van der Waals surface area contributed by atoms with E-state index in [1.807, 2.05) is 0 Å². The summed E-state index contributed by atoms with van der Waals surface area (Å²) in [6.07, 6.45) is 2.81. The summed E-state index contributed by atoms with van der Waals surface area (Å²) in [5, 5.41) is 6.53. The van der Waals surface area contributed by atoms with E-state index in [2.05, 4.69) is 10.4 Å². The zero-order valence-electron chi connectivity index (χ0n) is 10.8. The van der Waals surface area contributed by atoms with Crippen LogP contribution in [0.15, 0.2) is 6.20 Å². The predicted octanol–water partition coefficient (Wildman–Crippen LogP) is 0.122. The average Bonchev–Trinajstić information content (AvgIpc) is 2.60. The standard InChI is InChI=1S/C10H19N3O3S/c1-7(17(5,14)15)9(11-2)10-8(16-4)6-12-13(10)3/h6-7,9,11H,1-5H3. The minimum absolute atomic E-state index is 0.354. The molecule has 1 aromatic rings. The maximum absolute atomic E-state index is 11.6. The van der Waals surface area contributed by atoms with Crippen LogP contribution in [-0.2, 0) is 16.9 Å². The van der Waals surface area contributed by atoms with Gasteiger partial charge in [0.25, 0.3) is 0 Å². The van der Waals surface area contributed by atoms with Crippen molar-refractivity contribution < 1.29 is 13.2 Å². The molecule has 1 N–H and O–H groups in total. The summed E-state index contributed by atoms with van der Waals surface area (Å²) in [6, 6.07) is -0.354. The molecule has 0 saturated heterocycles. The van der Waals surface area contributed by atoms with E-state index in [0.29, 0.717) is 5.75 Å². The first-order valence-corrected chi connectivity index (χ1v) is 7.20. The molecule has 0 radical (unpaired) electrons. The molecule has 0 saturated carbocycles. The van der Waals surface area contributed by atoms with Crippen molar-refractivity contribution in [3.63, 3.8) is 0 Å². The molecule has 0 fully saturated rings. The number of rotatable bonds is 5. The van der Waals surface area contributed by atoms with Gasteiger partial charge in [0.15, 0.2) is 15.6 Å². The van der Waals surface area contributed by atoms with Gasteiger partial charge in [-0.25, -0.2) is 8.42 Å². The summed E-state index contributed by atoms with van der Waals surface area (Å²) in [6.45, 7) is 1.67. The van der Waals surface area contributed by atoms with Crippen LogP contribution in [0.1, 0.15) is 18.7 Å². The Kier molecular flexibility index (Phi) is 4.16. The van der Waals surface area contributed by atoms with Crippen LogP contribution in [0, 0.1) is 0 Å². The lowest BCUT2D eigenvalue weighted by atomic mass is 10.1. The lowest BCUT2D eigenvalue weighted by Crippen LogP contribution is -2.34. The number of aromatic nitrogens is 2. The minimum Gasteiger partial charge on any atom is -0.493 e. The van der Waals surface area contributed by atoms with Gasteiger partial charge in [-0.3, -0.25) is 4.68 Å². The van der Waals surface area contributed by atoms with Crippen molar-refractivity contribution >= 4 is 9.84 Å². The third kappa shape index (κ3) is 2.78. The first-order valence-electron chi connectivity index (χ1n) is 5.25. The molecule has 6 nitrogen and oxygen atoms in total. The van der Waals surface area contributed by atoms with Gasteiger partial charge in [0.05, 0.1) is 30.3 Å². The molecule has 7 heteroatoms. The second-order valence-corrected chi connectivity index (χ2v) is 6.43. The Morgan fingerprint density at radius 3 is 2.53 bits per heavy atom. The van der Waals surface area contributed by atoms with E-state index < -0.39 is 15.1 Å². The van der Waals surface area contributed by atoms with E-state index in [0.717, 1.165) is 5.69 Å². The Hall–Kier alpha value is -1.08. The van der Waals surface area contributed by atoms with Gasteiger partial charge in [0.1, 0.15) is 0 Å². The van der Waals surface area contributed by atoms with Gasteiger partial charge in [-0.15, -0.1) is 0 Å². The van der Waals surface area contributed by atoms with Crippen molar-refractivity contribution in [1.82, 2.24) is 15.1 Å². The molecule has 1 rings (SSSR count). The van der Waals surface area contributed by atoms with Crippen LogP contribution in [0.2, 0.25) is 0 Å². The SMILES string of the molecule is CNC(c1c(OC)cnn1C)C(C)S(C)(=O)=O. The predicted molar refractivity (Wildman–Crippen MR) is 65.9 cm³/mol. The van der Waals surface area contributed by atoms with Crippen molar-refractivity contribution in [2.75, 3.05) is 20.4 Å². The molecule has 0 bridgehead atoms. The topological polar surface area (TPSA) is 73.2 Å². The summed E-state index contributed by atoms with van der Waals surface area (Å²) in [7, 11) is 1.88. The van der Waals surface area contributed by atoms with E-state index in [-0.39, 0.29) is 6.04 Å². The molecule has 0 aliphatic rings. The summed E-state index contributed by atoms with van der Waals surface area (Å²) >= 11 is 0. The molecular weight excluding hydrogens is 242 g/mol. The highest BCUT2D eigenvalue weighted by atomic mass is 32.2. The Labute approximate surface area is 102 Å². The number of nitrogens with zero attached hydrogens (tertiary/aromatic N) is 2. The summed E-state index contributed by atoms with van der Waals surface area (Å²) in [4.78, 5) is 0. The maximum atomic E-state index is 11.6. The van der Waals surface area contributed by atoms with Gasteiger partial charge in [-0.05, 0) is 14.0 Å². The second kappa shape index (κ2) is 5.05. The number of hydrogen-bond donors (Lipinski definition) is 1. The second-order valence-electron chi connectivity index (χ2n) is 4.02. The summed E-state index contributed by atoms with van der Waals surface area (Å²) in [5.41, 5.74) is 0.730. The van der Waals surface area contributed by atoms with Gasteiger partial charge >= 0.3 is 0 Å². The smallest absolute Gasteiger partial charge is 0.161 e. The van der Waals surface area contributed by atoms with E-state index >= 15 is 0 Å². The molecule has 2 unspecified atom stereocenters. The van der Waals surface area contributed by atoms with Crippen LogP contribution in [0.4, 0.5) is 0 Å². The molecular formula is C10H19N3O3S. The number of methoxy groups -OCH3 is 1. The first kappa shape index (κ1) is 14.0. The maximum Gasteiger partial charge on any atom is 0.161 e. The summed E-state index contributed by atoms with van der Waals surface area (Å²) < 4.78 is 30.1. The van der Waals surface area contributed by atoms with Crippen molar-refractivity contribution in [3.8, 4) is 5.75 Å². The molecule has 0 aliphatic heterocycles. The molecule has 17 heavy (non-hydrogen) atoms. The van der Waals surface area contributed by atoms with Gasteiger partial charge in [-0.2, -0.15) is 5.10 Å². The third-order valence-electron chi connectivity index (χ3n) is 2.92. The average molecular weight is 261 g/mol. The molecule has 1 aromatic heterocycles. The molecule has 0 spiro atoms.